The van der Waals surface area contributed by atoms with Crippen LogP contribution in [0.5, 0.6) is 0 Å². The molecule has 1 aromatic heterocycles. The van der Waals surface area contributed by atoms with E-state index in [1.807, 2.05) is 18.2 Å². The van der Waals surface area contributed by atoms with Crippen LogP contribution in [-0.4, -0.2) is 16.7 Å². The third-order valence-corrected chi connectivity index (χ3v) is 1.12. The number of pyridine rings is 1. The normalized spacial score (nSPS) is 10.5. The van der Waals surface area contributed by atoms with Crippen molar-refractivity contribution in [3.05, 3.63) is 36.2 Å². The van der Waals surface area contributed by atoms with Crippen LogP contribution in [0.2, 0.25) is 0 Å². The quantitative estimate of drug-likeness (QED) is 0.658. The summed E-state index contributed by atoms with van der Waals surface area (Å²) in [7, 11) is 0. The highest BCUT2D eigenvalue weighted by molar-refractivity contribution is 5.47. The summed E-state index contributed by atoms with van der Waals surface area (Å²) in [6, 6.07) is 3.76. The molecule has 0 saturated carbocycles. The number of rotatable bonds is 2. The third kappa shape index (κ3) is 1.99. The summed E-state index contributed by atoms with van der Waals surface area (Å²) in [4.78, 5) is 3.86. The average molecular weight is 135 g/mol. The van der Waals surface area contributed by atoms with Crippen LogP contribution in [0.15, 0.2) is 30.6 Å². The Morgan fingerprint density at radius 1 is 1.40 bits per heavy atom. The minimum atomic E-state index is 0.0856. The molecule has 1 rings (SSSR count). The van der Waals surface area contributed by atoms with Gasteiger partial charge in [0.05, 0.1) is 6.61 Å². The second kappa shape index (κ2) is 3.80. The van der Waals surface area contributed by atoms with Gasteiger partial charge in [-0.3, -0.25) is 4.98 Å². The number of aliphatic hydroxyl groups is 1. The van der Waals surface area contributed by atoms with E-state index in [2.05, 4.69) is 4.98 Å². The van der Waals surface area contributed by atoms with Crippen molar-refractivity contribution in [2.45, 2.75) is 0 Å². The zero-order chi connectivity index (χ0) is 7.23. The highest BCUT2D eigenvalue weighted by atomic mass is 16.2. The summed E-state index contributed by atoms with van der Waals surface area (Å²) < 4.78 is 0. The second-order valence-corrected chi connectivity index (χ2v) is 1.87. The van der Waals surface area contributed by atoms with Crippen molar-refractivity contribution in [1.29, 1.82) is 0 Å². The van der Waals surface area contributed by atoms with E-state index in [4.69, 9.17) is 5.11 Å². The van der Waals surface area contributed by atoms with Gasteiger partial charge in [-0.1, -0.05) is 12.2 Å². The fourth-order valence-corrected chi connectivity index (χ4v) is 0.663. The fraction of sp³-hybridized carbons (Fsp3) is 0.125. The second-order valence-electron chi connectivity index (χ2n) is 1.87. The first-order chi connectivity index (χ1) is 4.93. The molecule has 1 aromatic rings. The molecule has 2 nitrogen and oxygen atoms in total. The van der Waals surface area contributed by atoms with Crippen LogP contribution < -0.4 is 0 Å². The van der Waals surface area contributed by atoms with Gasteiger partial charge in [0.1, 0.15) is 0 Å². The Hall–Kier alpha value is -1.15. The maximum absolute atomic E-state index is 8.43. The first kappa shape index (κ1) is 6.96. The van der Waals surface area contributed by atoms with Gasteiger partial charge in [-0.25, -0.2) is 0 Å². The topological polar surface area (TPSA) is 33.1 Å². The van der Waals surface area contributed by atoms with E-state index in [1.54, 1.807) is 18.5 Å². The van der Waals surface area contributed by atoms with E-state index < -0.39 is 0 Å². The first-order valence-electron chi connectivity index (χ1n) is 3.11. The van der Waals surface area contributed by atoms with Crippen LogP contribution in [0, 0.1) is 0 Å². The van der Waals surface area contributed by atoms with Crippen molar-refractivity contribution >= 4 is 6.08 Å². The number of hydrogen-bond donors (Lipinski definition) is 1. The maximum Gasteiger partial charge on any atom is 0.0615 e. The minimum Gasteiger partial charge on any atom is -0.392 e. The molecule has 0 saturated heterocycles. The first-order valence-corrected chi connectivity index (χ1v) is 3.11. The molecule has 52 valence electrons. The smallest absolute Gasteiger partial charge is 0.0615 e. The predicted octanol–water partition coefficient (Wildman–Crippen LogP) is 1.09. The Labute approximate surface area is 59.9 Å². The lowest BCUT2D eigenvalue weighted by molar-refractivity contribution is 0.343. The highest BCUT2D eigenvalue weighted by Crippen LogP contribution is 1.97. The lowest BCUT2D eigenvalue weighted by Gasteiger charge is -1.87. The molecule has 1 heterocycles. The largest absolute Gasteiger partial charge is 0.392 e. The molecular formula is C8H9NO. The molecule has 10 heavy (non-hydrogen) atoms. The van der Waals surface area contributed by atoms with Crippen molar-refractivity contribution < 1.29 is 5.11 Å². The van der Waals surface area contributed by atoms with E-state index >= 15 is 0 Å². The lowest BCUT2D eigenvalue weighted by Crippen LogP contribution is -1.74. The van der Waals surface area contributed by atoms with Gasteiger partial charge in [0.25, 0.3) is 0 Å². The number of aliphatic hydroxyl groups excluding tert-OH is 1. The van der Waals surface area contributed by atoms with Gasteiger partial charge >= 0.3 is 0 Å². The van der Waals surface area contributed by atoms with Crippen LogP contribution in [0.25, 0.3) is 6.08 Å². The number of aromatic nitrogens is 1. The molecule has 0 unspecified atom stereocenters. The third-order valence-electron chi connectivity index (χ3n) is 1.12. The summed E-state index contributed by atoms with van der Waals surface area (Å²) in [5.41, 5.74) is 1.06. The van der Waals surface area contributed by atoms with Crippen molar-refractivity contribution in [3.63, 3.8) is 0 Å². The van der Waals surface area contributed by atoms with Gasteiger partial charge in [0.15, 0.2) is 0 Å². The number of hydrogen-bond acceptors (Lipinski definition) is 2. The molecule has 0 aliphatic rings. The van der Waals surface area contributed by atoms with E-state index in [0.29, 0.717) is 0 Å². The standard InChI is InChI=1S/C8H9NO/c10-7-1-2-8-3-5-9-6-4-8/h1-6,10H,7H2/b2-1-. The van der Waals surface area contributed by atoms with Gasteiger partial charge < -0.3 is 5.11 Å². The fourth-order valence-electron chi connectivity index (χ4n) is 0.663. The van der Waals surface area contributed by atoms with E-state index in [9.17, 15) is 0 Å². The van der Waals surface area contributed by atoms with E-state index in [0.717, 1.165) is 5.56 Å². The van der Waals surface area contributed by atoms with Gasteiger partial charge in [-0.05, 0) is 17.7 Å². The molecule has 0 bridgehead atoms. The van der Waals surface area contributed by atoms with Crippen LogP contribution in [0.1, 0.15) is 5.56 Å². The molecule has 0 amide bonds. The molecule has 0 radical (unpaired) electrons. The summed E-state index contributed by atoms with van der Waals surface area (Å²) >= 11 is 0. The summed E-state index contributed by atoms with van der Waals surface area (Å²) in [6.45, 7) is 0.0856. The molecule has 2 heteroatoms. The summed E-state index contributed by atoms with van der Waals surface area (Å²) in [6.07, 6.45) is 6.98. The molecule has 0 atom stereocenters. The van der Waals surface area contributed by atoms with Crippen LogP contribution >= 0.6 is 0 Å². The zero-order valence-corrected chi connectivity index (χ0v) is 5.57. The van der Waals surface area contributed by atoms with Gasteiger partial charge in [-0.2, -0.15) is 0 Å². The van der Waals surface area contributed by atoms with Gasteiger partial charge in [-0.15, -0.1) is 0 Å². The van der Waals surface area contributed by atoms with E-state index in [1.165, 1.54) is 0 Å². The Balaban J connectivity index is 2.67. The highest BCUT2D eigenvalue weighted by Gasteiger charge is 1.80. The zero-order valence-electron chi connectivity index (χ0n) is 5.57. The van der Waals surface area contributed by atoms with Crippen LogP contribution in [0.4, 0.5) is 0 Å². The van der Waals surface area contributed by atoms with Crippen LogP contribution in [0.3, 0.4) is 0 Å². The van der Waals surface area contributed by atoms with Crippen molar-refractivity contribution in [3.8, 4) is 0 Å². The Morgan fingerprint density at radius 3 is 2.70 bits per heavy atom. The van der Waals surface area contributed by atoms with Crippen molar-refractivity contribution in [2.75, 3.05) is 6.61 Å². The average Bonchev–Trinajstić information content (AvgIpc) is 2.03. The Kier molecular flexibility index (Phi) is 2.64. The molecule has 0 aromatic carbocycles. The summed E-state index contributed by atoms with van der Waals surface area (Å²) in [5.74, 6) is 0. The van der Waals surface area contributed by atoms with E-state index in [-0.39, 0.29) is 6.61 Å². The lowest BCUT2D eigenvalue weighted by atomic mass is 10.2. The molecule has 0 aliphatic heterocycles. The summed E-state index contributed by atoms with van der Waals surface area (Å²) in [5, 5.41) is 8.43. The predicted molar refractivity (Wildman–Crippen MR) is 40.4 cm³/mol. The molecule has 1 N–H and O–H groups in total. The van der Waals surface area contributed by atoms with Crippen molar-refractivity contribution in [1.82, 2.24) is 4.98 Å². The molecule has 0 fully saturated rings. The Bertz CT molecular complexity index is 206. The molecule has 0 aliphatic carbocycles. The van der Waals surface area contributed by atoms with Gasteiger partial charge in [0, 0.05) is 12.4 Å². The minimum absolute atomic E-state index is 0.0856. The number of nitrogens with zero attached hydrogens (tertiary/aromatic N) is 1. The van der Waals surface area contributed by atoms with Gasteiger partial charge in [0.2, 0.25) is 0 Å². The van der Waals surface area contributed by atoms with Crippen LogP contribution in [-0.2, 0) is 0 Å². The maximum atomic E-state index is 8.43. The molecular weight excluding hydrogens is 126 g/mol. The monoisotopic (exact) mass is 135 g/mol. The SMILES string of the molecule is OC/C=C\c1ccncc1. The Morgan fingerprint density at radius 2 is 2.10 bits per heavy atom. The molecule has 0 spiro atoms. The van der Waals surface area contributed by atoms with Crippen molar-refractivity contribution in [2.24, 2.45) is 0 Å².